The van der Waals surface area contributed by atoms with E-state index in [-0.39, 0.29) is 15.2 Å². The van der Waals surface area contributed by atoms with Crippen LogP contribution in [0, 0.1) is 6.92 Å². The van der Waals surface area contributed by atoms with Crippen molar-refractivity contribution in [2.75, 3.05) is 0 Å². The molecule has 0 unspecified atom stereocenters. The SMILES string of the molecule is Cc1ccc(S(=O)(=O)c2ccc(Oc3ccc(C(C)(C)c4ccc(OCc5ccccc5)cc4)cc3)cc2)cc1. The van der Waals surface area contributed by atoms with Gasteiger partial charge in [0.1, 0.15) is 23.9 Å². The minimum atomic E-state index is -3.58. The number of hydrogen-bond donors (Lipinski definition) is 0. The molecule has 0 aromatic heterocycles. The quantitative estimate of drug-likeness (QED) is 0.185. The van der Waals surface area contributed by atoms with Gasteiger partial charge in [0, 0.05) is 5.41 Å². The van der Waals surface area contributed by atoms with Gasteiger partial charge in [-0.2, -0.15) is 0 Å². The molecule has 0 amide bonds. The monoisotopic (exact) mass is 548 g/mol. The van der Waals surface area contributed by atoms with Gasteiger partial charge in [0.2, 0.25) is 9.84 Å². The first-order valence-corrected chi connectivity index (χ1v) is 14.7. The Bertz CT molecular complexity index is 1650. The van der Waals surface area contributed by atoms with Crippen molar-refractivity contribution in [1.29, 1.82) is 0 Å². The number of sulfone groups is 1. The van der Waals surface area contributed by atoms with Crippen LogP contribution in [-0.2, 0) is 21.9 Å². The zero-order valence-corrected chi connectivity index (χ0v) is 23.7. The Morgan fingerprint density at radius 3 is 1.55 bits per heavy atom. The van der Waals surface area contributed by atoms with Crippen LogP contribution in [0.3, 0.4) is 0 Å². The van der Waals surface area contributed by atoms with Gasteiger partial charge in [-0.05, 0) is 84.3 Å². The second-order valence-corrected chi connectivity index (χ2v) is 12.3. The lowest BCUT2D eigenvalue weighted by Crippen LogP contribution is -2.18. The van der Waals surface area contributed by atoms with Crippen LogP contribution in [0.4, 0.5) is 0 Å². The molecule has 0 bridgehead atoms. The van der Waals surface area contributed by atoms with Gasteiger partial charge in [-0.3, -0.25) is 0 Å². The second kappa shape index (κ2) is 11.4. The molecule has 4 nitrogen and oxygen atoms in total. The highest BCUT2D eigenvalue weighted by Gasteiger charge is 2.23. The first-order chi connectivity index (χ1) is 19.2. The summed E-state index contributed by atoms with van der Waals surface area (Å²) in [5.41, 5.74) is 4.26. The number of rotatable bonds is 9. The largest absolute Gasteiger partial charge is 0.489 e. The van der Waals surface area contributed by atoms with Gasteiger partial charge in [-0.1, -0.05) is 86.1 Å². The van der Waals surface area contributed by atoms with E-state index in [1.165, 1.54) is 5.56 Å². The molecule has 0 atom stereocenters. The van der Waals surface area contributed by atoms with E-state index in [0.29, 0.717) is 18.1 Å². The average molecular weight is 549 g/mol. The van der Waals surface area contributed by atoms with Crippen LogP contribution in [0.5, 0.6) is 17.2 Å². The summed E-state index contributed by atoms with van der Waals surface area (Å²) >= 11 is 0. The van der Waals surface area contributed by atoms with Gasteiger partial charge in [0.05, 0.1) is 9.79 Å². The minimum Gasteiger partial charge on any atom is -0.489 e. The standard InChI is InChI=1S/C35H32O4S/c1-26-9-21-33(22-10-26)40(36,37)34-23-19-32(20-24-34)39-31-17-13-29(14-18-31)35(2,3)28-11-15-30(16-12-28)38-25-27-7-5-4-6-8-27/h4-24H,25H2,1-3H3. The highest BCUT2D eigenvalue weighted by Crippen LogP contribution is 2.34. The molecule has 0 aliphatic heterocycles. The molecular formula is C35H32O4S. The van der Waals surface area contributed by atoms with Crippen LogP contribution in [0.1, 0.15) is 36.1 Å². The van der Waals surface area contributed by atoms with Crippen LogP contribution >= 0.6 is 0 Å². The van der Waals surface area contributed by atoms with E-state index in [1.807, 2.05) is 49.4 Å². The van der Waals surface area contributed by atoms with E-state index in [2.05, 4.69) is 50.2 Å². The van der Waals surface area contributed by atoms with E-state index >= 15 is 0 Å². The Morgan fingerprint density at radius 2 is 1.02 bits per heavy atom. The molecule has 0 N–H and O–H groups in total. The van der Waals surface area contributed by atoms with Crippen molar-refractivity contribution in [3.8, 4) is 17.2 Å². The molecule has 5 heteroatoms. The fraction of sp³-hybridized carbons (Fsp3) is 0.143. The zero-order valence-electron chi connectivity index (χ0n) is 22.9. The molecule has 0 radical (unpaired) electrons. The van der Waals surface area contributed by atoms with Crippen molar-refractivity contribution < 1.29 is 17.9 Å². The lowest BCUT2D eigenvalue weighted by Gasteiger charge is -2.26. The Balaban J connectivity index is 1.23. The van der Waals surface area contributed by atoms with Crippen molar-refractivity contribution in [2.45, 2.75) is 42.6 Å². The van der Waals surface area contributed by atoms with Crippen LogP contribution in [-0.4, -0.2) is 8.42 Å². The molecule has 0 saturated heterocycles. The smallest absolute Gasteiger partial charge is 0.206 e. The first kappa shape index (κ1) is 27.2. The first-order valence-electron chi connectivity index (χ1n) is 13.2. The van der Waals surface area contributed by atoms with E-state index in [9.17, 15) is 8.42 Å². The fourth-order valence-corrected chi connectivity index (χ4v) is 5.75. The van der Waals surface area contributed by atoms with E-state index in [1.54, 1.807) is 48.5 Å². The van der Waals surface area contributed by atoms with Gasteiger partial charge in [0.25, 0.3) is 0 Å². The van der Waals surface area contributed by atoms with Crippen molar-refractivity contribution in [3.63, 3.8) is 0 Å². The molecule has 5 aromatic rings. The summed E-state index contributed by atoms with van der Waals surface area (Å²) in [4.78, 5) is 0.511. The van der Waals surface area contributed by atoms with Gasteiger partial charge < -0.3 is 9.47 Å². The predicted octanol–water partition coefficient (Wildman–Crippen LogP) is 8.53. The third kappa shape index (κ3) is 6.11. The molecule has 0 saturated carbocycles. The average Bonchev–Trinajstić information content (AvgIpc) is 2.98. The third-order valence-corrected chi connectivity index (χ3v) is 8.89. The third-order valence-electron chi connectivity index (χ3n) is 7.10. The lowest BCUT2D eigenvalue weighted by molar-refractivity contribution is 0.306. The van der Waals surface area contributed by atoms with Crippen molar-refractivity contribution in [3.05, 3.63) is 150 Å². The molecule has 0 heterocycles. The maximum Gasteiger partial charge on any atom is 0.206 e. The summed E-state index contributed by atoms with van der Waals surface area (Å²) in [7, 11) is -3.58. The van der Waals surface area contributed by atoms with Crippen molar-refractivity contribution in [2.24, 2.45) is 0 Å². The molecule has 0 spiro atoms. The zero-order chi connectivity index (χ0) is 28.2. The fourth-order valence-electron chi connectivity index (χ4n) is 4.49. The van der Waals surface area contributed by atoms with Crippen LogP contribution < -0.4 is 9.47 Å². The highest BCUT2D eigenvalue weighted by atomic mass is 32.2. The molecule has 202 valence electrons. The summed E-state index contributed by atoms with van der Waals surface area (Å²) in [6, 6.07) is 39.7. The molecule has 0 aliphatic carbocycles. The van der Waals surface area contributed by atoms with Crippen LogP contribution in [0.25, 0.3) is 0 Å². The molecule has 0 aliphatic rings. The van der Waals surface area contributed by atoms with Crippen LogP contribution in [0.2, 0.25) is 0 Å². The van der Waals surface area contributed by atoms with E-state index in [4.69, 9.17) is 9.47 Å². The summed E-state index contributed by atoms with van der Waals surface area (Å²) in [5, 5.41) is 0. The van der Waals surface area contributed by atoms with Gasteiger partial charge in [-0.15, -0.1) is 0 Å². The maximum atomic E-state index is 12.9. The molecule has 5 aromatic carbocycles. The summed E-state index contributed by atoms with van der Waals surface area (Å²) in [5.74, 6) is 2.09. The summed E-state index contributed by atoms with van der Waals surface area (Å²) in [6.07, 6.45) is 0. The van der Waals surface area contributed by atoms with Crippen molar-refractivity contribution in [1.82, 2.24) is 0 Å². The molecule has 40 heavy (non-hydrogen) atoms. The summed E-state index contributed by atoms with van der Waals surface area (Å²) in [6.45, 7) is 6.85. The Labute approximate surface area is 236 Å². The maximum absolute atomic E-state index is 12.9. The van der Waals surface area contributed by atoms with Crippen LogP contribution in [0.15, 0.2) is 137 Å². The van der Waals surface area contributed by atoms with Crippen molar-refractivity contribution >= 4 is 9.84 Å². The van der Waals surface area contributed by atoms with Gasteiger partial charge >= 0.3 is 0 Å². The van der Waals surface area contributed by atoms with E-state index < -0.39 is 9.84 Å². The lowest BCUT2D eigenvalue weighted by atomic mass is 9.78. The normalized spacial score (nSPS) is 11.7. The number of ether oxygens (including phenoxy) is 2. The van der Waals surface area contributed by atoms with Gasteiger partial charge in [-0.25, -0.2) is 8.42 Å². The van der Waals surface area contributed by atoms with Gasteiger partial charge in [0.15, 0.2) is 0 Å². The highest BCUT2D eigenvalue weighted by molar-refractivity contribution is 7.91. The second-order valence-electron chi connectivity index (χ2n) is 10.3. The van der Waals surface area contributed by atoms with E-state index in [0.717, 1.165) is 22.4 Å². The Morgan fingerprint density at radius 1 is 0.575 bits per heavy atom. The number of hydrogen-bond acceptors (Lipinski definition) is 4. The topological polar surface area (TPSA) is 52.6 Å². The number of aryl methyl sites for hydroxylation is 1. The summed E-state index contributed by atoms with van der Waals surface area (Å²) < 4.78 is 37.8. The Hall–Kier alpha value is -4.35. The minimum absolute atomic E-state index is 0.220. The molecule has 5 rings (SSSR count). The molecule has 0 fully saturated rings. The Kier molecular flexibility index (Phi) is 7.76. The number of benzene rings is 5. The molecular weight excluding hydrogens is 516 g/mol. The predicted molar refractivity (Wildman–Crippen MR) is 159 cm³/mol.